The predicted octanol–water partition coefficient (Wildman–Crippen LogP) is 0.117. The van der Waals surface area contributed by atoms with Crippen molar-refractivity contribution in [3.63, 3.8) is 0 Å². The summed E-state index contributed by atoms with van der Waals surface area (Å²) in [5.74, 6) is 0.494. The molecule has 21 heavy (non-hydrogen) atoms. The fraction of sp³-hybridized carbons (Fsp3) is 0.867. The maximum Gasteiger partial charge on any atom is 0.224 e. The number of nitrogens with two attached hydrogens (primary N) is 1. The molecule has 1 heterocycles. The summed E-state index contributed by atoms with van der Waals surface area (Å²) in [6, 6.07) is 0. The van der Waals surface area contributed by atoms with E-state index in [2.05, 4.69) is 5.32 Å². The van der Waals surface area contributed by atoms with Gasteiger partial charge in [-0.05, 0) is 25.3 Å². The predicted molar refractivity (Wildman–Crippen MR) is 79.5 cm³/mol. The van der Waals surface area contributed by atoms with Gasteiger partial charge in [-0.15, -0.1) is 0 Å². The SMILES string of the molecule is NCC1CCCCC1C(=O)NCCC(=O)N1CCOCC1. The first-order valence-electron chi connectivity index (χ1n) is 8.05. The number of hydrogen-bond donors (Lipinski definition) is 2. The smallest absolute Gasteiger partial charge is 0.224 e. The minimum atomic E-state index is 0.0299. The lowest BCUT2D eigenvalue weighted by Gasteiger charge is -2.30. The van der Waals surface area contributed by atoms with E-state index in [0.717, 1.165) is 19.3 Å². The van der Waals surface area contributed by atoms with Crippen LogP contribution in [0.25, 0.3) is 0 Å². The Kier molecular flexibility index (Phi) is 6.45. The van der Waals surface area contributed by atoms with Gasteiger partial charge in [-0.2, -0.15) is 0 Å². The first kappa shape index (κ1) is 16.2. The van der Waals surface area contributed by atoms with Gasteiger partial charge in [0.1, 0.15) is 0 Å². The third-order valence-corrected chi connectivity index (χ3v) is 4.55. The van der Waals surface area contributed by atoms with E-state index in [4.69, 9.17) is 10.5 Å². The number of rotatable bonds is 5. The summed E-state index contributed by atoms with van der Waals surface area (Å²) in [6.07, 6.45) is 4.60. The van der Waals surface area contributed by atoms with Crippen LogP contribution in [0.2, 0.25) is 0 Å². The van der Waals surface area contributed by atoms with E-state index in [1.807, 2.05) is 0 Å². The number of morpholine rings is 1. The van der Waals surface area contributed by atoms with Crippen LogP contribution in [0, 0.1) is 11.8 Å². The molecule has 0 bridgehead atoms. The Balaban J connectivity index is 1.69. The zero-order valence-electron chi connectivity index (χ0n) is 12.7. The maximum atomic E-state index is 12.2. The molecule has 0 aromatic rings. The number of amides is 2. The molecule has 1 saturated carbocycles. The van der Waals surface area contributed by atoms with Crippen molar-refractivity contribution in [2.45, 2.75) is 32.1 Å². The van der Waals surface area contributed by atoms with Gasteiger partial charge in [-0.3, -0.25) is 9.59 Å². The molecule has 2 amide bonds. The summed E-state index contributed by atoms with van der Waals surface area (Å²) < 4.78 is 5.22. The van der Waals surface area contributed by atoms with Gasteiger partial charge < -0.3 is 20.7 Å². The van der Waals surface area contributed by atoms with Crippen LogP contribution in [-0.4, -0.2) is 56.1 Å². The fourth-order valence-corrected chi connectivity index (χ4v) is 3.23. The Labute approximate surface area is 126 Å². The Morgan fingerprint density at radius 2 is 1.90 bits per heavy atom. The molecule has 0 spiro atoms. The van der Waals surface area contributed by atoms with E-state index in [1.165, 1.54) is 6.42 Å². The van der Waals surface area contributed by atoms with E-state index in [1.54, 1.807) is 4.90 Å². The lowest BCUT2D eigenvalue weighted by molar-refractivity contribution is -0.135. The summed E-state index contributed by atoms with van der Waals surface area (Å²) in [5.41, 5.74) is 5.75. The summed E-state index contributed by atoms with van der Waals surface area (Å²) in [5, 5.41) is 2.91. The second kappa shape index (κ2) is 8.34. The average molecular weight is 297 g/mol. The zero-order chi connectivity index (χ0) is 15.1. The molecule has 2 atom stereocenters. The molecule has 0 aromatic carbocycles. The van der Waals surface area contributed by atoms with E-state index < -0.39 is 0 Å². The summed E-state index contributed by atoms with van der Waals surface area (Å²) in [4.78, 5) is 26.0. The fourth-order valence-electron chi connectivity index (χ4n) is 3.23. The molecule has 3 N–H and O–H groups in total. The van der Waals surface area contributed by atoms with E-state index in [0.29, 0.717) is 51.7 Å². The Hall–Kier alpha value is -1.14. The molecule has 6 heteroatoms. The van der Waals surface area contributed by atoms with Crippen molar-refractivity contribution >= 4 is 11.8 Å². The van der Waals surface area contributed by atoms with Gasteiger partial charge in [0.05, 0.1) is 13.2 Å². The lowest BCUT2D eigenvalue weighted by Crippen LogP contribution is -2.43. The van der Waals surface area contributed by atoms with Crippen molar-refractivity contribution in [2.24, 2.45) is 17.6 Å². The molecule has 2 unspecified atom stereocenters. The van der Waals surface area contributed by atoms with Gasteiger partial charge in [0.2, 0.25) is 11.8 Å². The van der Waals surface area contributed by atoms with Crippen LogP contribution in [0.5, 0.6) is 0 Å². The van der Waals surface area contributed by atoms with Crippen LogP contribution >= 0.6 is 0 Å². The Morgan fingerprint density at radius 1 is 1.19 bits per heavy atom. The number of carbonyl (C=O) groups excluding carboxylic acids is 2. The molecule has 120 valence electrons. The largest absolute Gasteiger partial charge is 0.378 e. The molecular weight excluding hydrogens is 270 g/mol. The highest BCUT2D eigenvalue weighted by Crippen LogP contribution is 2.29. The van der Waals surface area contributed by atoms with Crippen molar-refractivity contribution < 1.29 is 14.3 Å². The van der Waals surface area contributed by atoms with Crippen LogP contribution in [0.4, 0.5) is 0 Å². The number of hydrogen-bond acceptors (Lipinski definition) is 4. The molecule has 2 aliphatic rings. The Morgan fingerprint density at radius 3 is 2.62 bits per heavy atom. The molecule has 1 aliphatic heterocycles. The third kappa shape index (κ3) is 4.68. The minimum absolute atomic E-state index is 0.0299. The highest BCUT2D eigenvalue weighted by Gasteiger charge is 2.29. The molecule has 0 aromatic heterocycles. The molecule has 6 nitrogen and oxygen atoms in total. The van der Waals surface area contributed by atoms with Crippen molar-refractivity contribution in [1.82, 2.24) is 10.2 Å². The average Bonchev–Trinajstić information content (AvgIpc) is 2.55. The van der Waals surface area contributed by atoms with Gasteiger partial charge in [0, 0.05) is 32.0 Å². The molecule has 1 saturated heterocycles. The van der Waals surface area contributed by atoms with Gasteiger partial charge in [0.25, 0.3) is 0 Å². The second-order valence-electron chi connectivity index (χ2n) is 5.92. The van der Waals surface area contributed by atoms with Crippen molar-refractivity contribution in [3.05, 3.63) is 0 Å². The molecule has 2 fully saturated rings. The van der Waals surface area contributed by atoms with Gasteiger partial charge in [-0.25, -0.2) is 0 Å². The lowest BCUT2D eigenvalue weighted by atomic mass is 9.79. The molecule has 0 radical (unpaired) electrons. The zero-order valence-corrected chi connectivity index (χ0v) is 12.7. The van der Waals surface area contributed by atoms with E-state index in [-0.39, 0.29) is 17.7 Å². The van der Waals surface area contributed by atoms with Crippen LogP contribution in [0.1, 0.15) is 32.1 Å². The standard InChI is InChI=1S/C15H27N3O3/c16-11-12-3-1-2-4-13(12)15(20)17-6-5-14(19)18-7-9-21-10-8-18/h12-13H,1-11,16H2,(H,17,20). The number of nitrogens with zero attached hydrogens (tertiary/aromatic N) is 1. The van der Waals surface area contributed by atoms with E-state index >= 15 is 0 Å². The number of ether oxygens (including phenoxy) is 1. The first-order valence-corrected chi connectivity index (χ1v) is 8.05. The highest BCUT2D eigenvalue weighted by molar-refractivity contribution is 5.80. The van der Waals surface area contributed by atoms with Crippen LogP contribution < -0.4 is 11.1 Å². The minimum Gasteiger partial charge on any atom is -0.378 e. The summed E-state index contributed by atoms with van der Waals surface area (Å²) in [6.45, 7) is 3.53. The summed E-state index contributed by atoms with van der Waals surface area (Å²) >= 11 is 0. The van der Waals surface area contributed by atoms with Gasteiger partial charge >= 0.3 is 0 Å². The molecule has 1 aliphatic carbocycles. The number of carbonyl (C=O) groups is 2. The van der Waals surface area contributed by atoms with Gasteiger partial charge in [-0.1, -0.05) is 12.8 Å². The monoisotopic (exact) mass is 297 g/mol. The topological polar surface area (TPSA) is 84.7 Å². The van der Waals surface area contributed by atoms with E-state index in [9.17, 15) is 9.59 Å². The normalized spacial score (nSPS) is 26.4. The third-order valence-electron chi connectivity index (χ3n) is 4.55. The van der Waals surface area contributed by atoms with Crippen molar-refractivity contribution in [2.75, 3.05) is 39.4 Å². The van der Waals surface area contributed by atoms with Crippen LogP contribution in [-0.2, 0) is 14.3 Å². The van der Waals surface area contributed by atoms with Crippen LogP contribution in [0.15, 0.2) is 0 Å². The second-order valence-corrected chi connectivity index (χ2v) is 5.92. The van der Waals surface area contributed by atoms with Crippen LogP contribution in [0.3, 0.4) is 0 Å². The molecule has 2 rings (SSSR count). The Bertz CT molecular complexity index is 356. The highest BCUT2D eigenvalue weighted by atomic mass is 16.5. The maximum absolute atomic E-state index is 12.2. The quantitative estimate of drug-likeness (QED) is 0.754. The number of nitrogens with one attached hydrogen (secondary N) is 1. The molecular formula is C15H27N3O3. The summed E-state index contributed by atoms with van der Waals surface area (Å²) in [7, 11) is 0. The van der Waals surface area contributed by atoms with Crippen molar-refractivity contribution in [3.8, 4) is 0 Å². The van der Waals surface area contributed by atoms with Gasteiger partial charge in [0.15, 0.2) is 0 Å². The van der Waals surface area contributed by atoms with Crippen molar-refractivity contribution in [1.29, 1.82) is 0 Å². The first-order chi connectivity index (χ1) is 10.2.